The largest absolute Gasteiger partial charge is 0.480 e. The van der Waals surface area contributed by atoms with Crippen molar-refractivity contribution >= 4 is 17.7 Å². The van der Waals surface area contributed by atoms with Crippen LogP contribution in [0.2, 0.25) is 0 Å². The fraction of sp³-hybridized carbons (Fsp3) is 0.900. The standard InChI is InChI=1S/C10H18O3S/c1-10(2,9(11)12)14-6-4-8-3-5-13-7-8/h8H,3-7H2,1-2H3,(H,11,12). The van der Waals surface area contributed by atoms with E-state index in [0.717, 1.165) is 31.8 Å². The summed E-state index contributed by atoms with van der Waals surface area (Å²) in [7, 11) is 0. The highest BCUT2D eigenvalue weighted by atomic mass is 32.2. The van der Waals surface area contributed by atoms with Crippen LogP contribution >= 0.6 is 11.8 Å². The molecule has 1 heterocycles. The van der Waals surface area contributed by atoms with E-state index in [1.165, 1.54) is 11.8 Å². The Kier molecular flexibility index (Phi) is 4.26. The molecule has 0 spiro atoms. The molecule has 0 aliphatic carbocycles. The Morgan fingerprint density at radius 1 is 1.64 bits per heavy atom. The van der Waals surface area contributed by atoms with Crippen molar-refractivity contribution in [2.45, 2.75) is 31.4 Å². The van der Waals surface area contributed by atoms with Crippen molar-refractivity contribution in [3.05, 3.63) is 0 Å². The molecule has 0 aromatic heterocycles. The van der Waals surface area contributed by atoms with Crippen LogP contribution in [0.15, 0.2) is 0 Å². The van der Waals surface area contributed by atoms with E-state index in [1.54, 1.807) is 13.8 Å². The molecule has 14 heavy (non-hydrogen) atoms. The van der Waals surface area contributed by atoms with Gasteiger partial charge in [0.1, 0.15) is 4.75 Å². The third-order valence-electron chi connectivity index (χ3n) is 2.53. The van der Waals surface area contributed by atoms with Crippen molar-refractivity contribution in [3.63, 3.8) is 0 Å². The van der Waals surface area contributed by atoms with Gasteiger partial charge in [-0.3, -0.25) is 4.79 Å². The van der Waals surface area contributed by atoms with E-state index in [0.29, 0.717) is 5.92 Å². The number of hydrogen-bond donors (Lipinski definition) is 1. The minimum atomic E-state index is -0.731. The summed E-state index contributed by atoms with van der Waals surface area (Å²) in [5, 5.41) is 8.89. The monoisotopic (exact) mass is 218 g/mol. The zero-order valence-electron chi connectivity index (χ0n) is 8.78. The van der Waals surface area contributed by atoms with Gasteiger partial charge in [0.2, 0.25) is 0 Å². The van der Waals surface area contributed by atoms with Gasteiger partial charge in [-0.15, -0.1) is 11.8 Å². The number of carbonyl (C=O) groups is 1. The van der Waals surface area contributed by atoms with Gasteiger partial charge in [0, 0.05) is 13.2 Å². The first-order valence-corrected chi connectivity index (χ1v) is 5.96. The molecule has 82 valence electrons. The van der Waals surface area contributed by atoms with E-state index in [9.17, 15) is 4.79 Å². The molecular weight excluding hydrogens is 200 g/mol. The lowest BCUT2D eigenvalue weighted by Gasteiger charge is -2.19. The average molecular weight is 218 g/mol. The first kappa shape index (κ1) is 11.9. The molecule has 1 fully saturated rings. The van der Waals surface area contributed by atoms with Gasteiger partial charge in [-0.1, -0.05) is 0 Å². The van der Waals surface area contributed by atoms with Gasteiger partial charge in [0.25, 0.3) is 0 Å². The second-order valence-corrected chi connectivity index (χ2v) is 5.90. The van der Waals surface area contributed by atoms with Gasteiger partial charge in [0.15, 0.2) is 0 Å². The first-order chi connectivity index (χ1) is 6.52. The second-order valence-electron chi connectivity index (χ2n) is 4.18. The Bertz CT molecular complexity index is 198. The van der Waals surface area contributed by atoms with Crippen LogP contribution in [0.1, 0.15) is 26.7 Å². The normalized spacial score (nSPS) is 22.6. The van der Waals surface area contributed by atoms with Crippen molar-refractivity contribution in [1.82, 2.24) is 0 Å². The minimum Gasteiger partial charge on any atom is -0.480 e. The summed E-state index contributed by atoms with van der Waals surface area (Å²) in [5.41, 5.74) is 0. The van der Waals surface area contributed by atoms with E-state index in [-0.39, 0.29) is 0 Å². The smallest absolute Gasteiger partial charge is 0.319 e. The highest BCUT2D eigenvalue weighted by Crippen LogP contribution is 2.27. The Balaban J connectivity index is 2.16. The molecule has 0 saturated carbocycles. The molecule has 1 aliphatic rings. The quantitative estimate of drug-likeness (QED) is 0.766. The Labute approximate surface area is 89.2 Å². The Hall–Kier alpha value is -0.220. The van der Waals surface area contributed by atoms with Crippen molar-refractivity contribution in [2.24, 2.45) is 5.92 Å². The predicted octanol–water partition coefficient (Wildman–Crippen LogP) is 2.01. The zero-order valence-corrected chi connectivity index (χ0v) is 9.60. The summed E-state index contributed by atoms with van der Waals surface area (Å²) in [6, 6.07) is 0. The molecule has 1 rings (SSSR count). The molecule has 1 aliphatic heterocycles. The van der Waals surface area contributed by atoms with Crippen LogP contribution in [0.4, 0.5) is 0 Å². The van der Waals surface area contributed by atoms with Crippen LogP contribution < -0.4 is 0 Å². The topological polar surface area (TPSA) is 46.5 Å². The third-order valence-corrected chi connectivity index (χ3v) is 3.86. The summed E-state index contributed by atoms with van der Waals surface area (Å²) in [4.78, 5) is 10.8. The number of carboxylic acids is 1. The van der Waals surface area contributed by atoms with Crippen LogP contribution in [-0.2, 0) is 9.53 Å². The van der Waals surface area contributed by atoms with Gasteiger partial charge < -0.3 is 9.84 Å². The SMILES string of the molecule is CC(C)(SCCC1CCOC1)C(=O)O. The second kappa shape index (κ2) is 5.03. The summed E-state index contributed by atoms with van der Waals surface area (Å²) >= 11 is 1.52. The minimum absolute atomic E-state index is 0.645. The molecule has 0 aromatic rings. The van der Waals surface area contributed by atoms with Crippen LogP contribution in [0.3, 0.4) is 0 Å². The molecular formula is C10H18O3S. The van der Waals surface area contributed by atoms with E-state index in [2.05, 4.69) is 0 Å². The van der Waals surface area contributed by atoms with Crippen LogP contribution in [0.5, 0.6) is 0 Å². The lowest BCUT2D eigenvalue weighted by atomic mass is 10.1. The number of thioether (sulfide) groups is 1. The summed E-state index contributed by atoms with van der Waals surface area (Å²) in [6.07, 6.45) is 2.20. The molecule has 0 amide bonds. The fourth-order valence-corrected chi connectivity index (χ4v) is 2.44. The average Bonchev–Trinajstić information content (AvgIpc) is 2.56. The van der Waals surface area contributed by atoms with E-state index >= 15 is 0 Å². The lowest BCUT2D eigenvalue weighted by molar-refractivity contribution is -0.138. The summed E-state index contributed by atoms with van der Waals surface area (Å²) in [5.74, 6) is 0.824. The molecule has 4 heteroatoms. The predicted molar refractivity (Wildman–Crippen MR) is 57.7 cm³/mol. The van der Waals surface area contributed by atoms with Crippen molar-refractivity contribution in [3.8, 4) is 0 Å². The fourth-order valence-electron chi connectivity index (χ4n) is 1.35. The van der Waals surface area contributed by atoms with Gasteiger partial charge in [-0.2, -0.15) is 0 Å². The van der Waals surface area contributed by atoms with Gasteiger partial charge in [-0.05, 0) is 38.4 Å². The van der Waals surface area contributed by atoms with Crippen molar-refractivity contribution < 1.29 is 14.6 Å². The molecule has 0 bridgehead atoms. The summed E-state index contributed by atoms with van der Waals surface area (Å²) in [6.45, 7) is 5.24. The lowest BCUT2D eigenvalue weighted by Crippen LogP contribution is -2.27. The van der Waals surface area contributed by atoms with Crippen molar-refractivity contribution in [1.29, 1.82) is 0 Å². The van der Waals surface area contributed by atoms with Gasteiger partial charge in [-0.25, -0.2) is 0 Å². The molecule has 1 N–H and O–H groups in total. The highest BCUT2D eigenvalue weighted by Gasteiger charge is 2.27. The first-order valence-electron chi connectivity index (χ1n) is 4.97. The maximum atomic E-state index is 10.8. The summed E-state index contributed by atoms with van der Waals surface area (Å²) < 4.78 is 4.61. The number of ether oxygens (including phenoxy) is 1. The van der Waals surface area contributed by atoms with E-state index in [4.69, 9.17) is 9.84 Å². The maximum absolute atomic E-state index is 10.8. The number of hydrogen-bond acceptors (Lipinski definition) is 3. The van der Waals surface area contributed by atoms with E-state index in [1.807, 2.05) is 0 Å². The molecule has 1 atom stereocenters. The molecule has 1 saturated heterocycles. The third kappa shape index (κ3) is 3.50. The van der Waals surface area contributed by atoms with E-state index < -0.39 is 10.7 Å². The number of carboxylic acid groups (broad SMARTS) is 1. The van der Waals surface area contributed by atoms with Crippen LogP contribution in [0.25, 0.3) is 0 Å². The number of aliphatic carboxylic acids is 1. The zero-order chi connectivity index (χ0) is 10.6. The molecule has 1 unspecified atom stereocenters. The van der Waals surface area contributed by atoms with Gasteiger partial charge >= 0.3 is 5.97 Å². The molecule has 0 radical (unpaired) electrons. The Morgan fingerprint density at radius 2 is 2.36 bits per heavy atom. The van der Waals surface area contributed by atoms with Crippen LogP contribution in [-0.4, -0.2) is 34.8 Å². The van der Waals surface area contributed by atoms with Crippen molar-refractivity contribution in [2.75, 3.05) is 19.0 Å². The van der Waals surface area contributed by atoms with Gasteiger partial charge in [0.05, 0.1) is 0 Å². The number of rotatable bonds is 5. The molecule has 0 aromatic carbocycles. The maximum Gasteiger partial charge on any atom is 0.319 e. The Morgan fingerprint density at radius 3 is 2.86 bits per heavy atom. The highest BCUT2D eigenvalue weighted by molar-refractivity contribution is 8.01. The van der Waals surface area contributed by atoms with Crippen LogP contribution in [0, 0.1) is 5.92 Å². The molecule has 3 nitrogen and oxygen atoms in total.